The minimum absolute atomic E-state index is 0.236. The predicted octanol–water partition coefficient (Wildman–Crippen LogP) is -0.352. The van der Waals surface area contributed by atoms with Gasteiger partial charge in [0.25, 0.3) is 0 Å². The average Bonchev–Trinajstić information content (AvgIpc) is 1.81. The molecule has 0 aliphatic heterocycles. The van der Waals surface area contributed by atoms with Crippen molar-refractivity contribution in [1.29, 1.82) is 0 Å². The Bertz CT molecular complexity index is 163. The highest BCUT2D eigenvalue weighted by Crippen LogP contribution is 2.31. The van der Waals surface area contributed by atoms with Gasteiger partial charge in [-0.05, 0) is 0 Å². The first kappa shape index (κ1) is 9.62. The Morgan fingerprint density at radius 3 is 2.40 bits per heavy atom. The fraction of sp³-hybridized carbons (Fsp3) is 0.750. The molecule has 0 aliphatic rings. The van der Waals surface area contributed by atoms with Crippen LogP contribution in [0.25, 0.3) is 0 Å². The summed E-state index contributed by atoms with van der Waals surface area (Å²) in [5.74, 6) is -0.358. The van der Waals surface area contributed by atoms with Gasteiger partial charge in [0.15, 0.2) is 0 Å². The Balaban J connectivity index is 3.56. The number of hydrogen-bond acceptors (Lipinski definition) is 2. The lowest BCUT2D eigenvalue weighted by Crippen LogP contribution is -2.23. The van der Waals surface area contributed by atoms with E-state index in [1.165, 1.54) is 0 Å². The Morgan fingerprint density at radius 2 is 2.10 bits per heavy atom. The maximum absolute atomic E-state index is 10.4. The van der Waals surface area contributed by atoms with Crippen LogP contribution in [0.3, 0.4) is 0 Å². The van der Waals surface area contributed by atoms with Gasteiger partial charge in [-0.15, -0.1) is 0 Å². The number of carbonyl (C=O) groups excluding carboxylic acids is 1. The van der Waals surface area contributed by atoms with E-state index in [4.69, 9.17) is 9.79 Å². The number of carbonyl (C=O) groups is 1. The van der Waals surface area contributed by atoms with Crippen LogP contribution in [0.5, 0.6) is 0 Å². The van der Waals surface area contributed by atoms with Crippen molar-refractivity contribution in [2.45, 2.75) is 13.3 Å². The Labute approximate surface area is 58.6 Å². The monoisotopic (exact) mass is 167 g/mol. The summed E-state index contributed by atoms with van der Waals surface area (Å²) in [4.78, 5) is 26.9. The molecule has 0 unspecified atom stereocenters. The van der Waals surface area contributed by atoms with E-state index >= 15 is 0 Å². The Morgan fingerprint density at radius 1 is 1.60 bits per heavy atom. The molecule has 3 N–H and O–H groups in total. The van der Waals surface area contributed by atoms with Crippen molar-refractivity contribution >= 4 is 13.5 Å². The van der Waals surface area contributed by atoms with Crippen LogP contribution in [0.1, 0.15) is 13.3 Å². The molecule has 0 fully saturated rings. The second-order valence-electron chi connectivity index (χ2n) is 1.78. The van der Waals surface area contributed by atoms with E-state index in [-0.39, 0.29) is 12.3 Å². The lowest BCUT2D eigenvalue weighted by atomic mass is 10.5. The summed E-state index contributed by atoms with van der Waals surface area (Å²) in [7, 11) is -4.06. The van der Waals surface area contributed by atoms with Crippen molar-refractivity contribution in [1.82, 2.24) is 5.32 Å². The van der Waals surface area contributed by atoms with Gasteiger partial charge >= 0.3 is 7.60 Å². The van der Waals surface area contributed by atoms with E-state index in [9.17, 15) is 9.36 Å². The average molecular weight is 167 g/mol. The highest BCUT2D eigenvalue weighted by atomic mass is 31.2. The zero-order valence-corrected chi connectivity index (χ0v) is 6.47. The van der Waals surface area contributed by atoms with Gasteiger partial charge in [-0.3, -0.25) is 9.36 Å². The summed E-state index contributed by atoms with van der Waals surface area (Å²) in [6.07, 6.45) is -0.334. The summed E-state index contributed by atoms with van der Waals surface area (Å²) >= 11 is 0. The molecule has 0 heterocycles. The van der Waals surface area contributed by atoms with Crippen molar-refractivity contribution in [3.05, 3.63) is 0 Å². The smallest absolute Gasteiger partial charge is 0.344 e. The molecule has 0 spiro atoms. The van der Waals surface area contributed by atoms with Crippen LogP contribution >= 0.6 is 7.60 Å². The lowest BCUT2D eigenvalue weighted by Gasteiger charge is -2.03. The zero-order chi connectivity index (χ0) is 8.20. The van der Waals surface area contributed by atoms with Crippen LogP contribution in [-0.4, -0.2) is 22.0 Å². The molecule has 0 aliphatic carbocycles. The quantitative estimate of drug-likeness (QED) is 0.501. The molecule has 0 aromatic rings. The van der Waals surface area contributed by atoms with Crippen LogP contribution in [0.2, 0.25) is 0 Å². The van der Waals surface area contributed by atoms with Crippen molar-refractivity contribution in [3.8, 4) is 0 Å². The summed E-state index contributed by atoms with van der Waals surface area (Å²) in [6.45, 7) is 1.61. The number of nitrogens with one attached hydrogen (secondary N) is 1. The van der Waals surface area contributed by atoms with E-state index in [2.05, 4.69) is 5.32 Å². The van der Waals surface area contributed by atoms with Crippen LogP contribution in [0.4, 0.5) is 0 Å². The first-order valence-corrected chi connectivity index (χ1v) is 4.56. The van der Waals surface area contributed by atoms with Gasteiger partial charge in [-0.2, -0.15) is 0 Å². The molecule has 1 amide bonds. The standard InChI is InChI=1S/C4H10NO4P/c1-2-4(6)5-3-10(7,8)9/h2-3H2,1H3,(H,5,6)(H2,7,8,9). The molecule has 0 rings (SSSR count). The van der Waals surface area contributed by atoms with Gasteiger partial charge in [-0.1, -0.05) is 6.92 Å². The lowest BCUT2D eigenvalue weighted by molar-refractivity contribution is -0.120. The highest BCUT2D eigenvalue weighted by molar-refractivity contribution is 7.51. The highest BCUT2D eigenvalue weighted by Gasteiger charge is 2.12. The zero-order valence-electron chi connectivity index (χ0n) is 5.57. The summed E-state index contributed by atoms with van der Waals surface area (Å²) in [5, 5.41) is 2.07. The summed E-state index contributed by atoms with van der Waals surface area (Å²) in [5.41, 5.74) is 0. The topological polar surface area (TPSA) is 86.6 Å². The van der Waals surface area contributed by atoms with Crippen LogP contribution < -0.4 is 5.32 Å². The predicted molar refractivity (Wildman–Crippen MR) is 35.3 cm³/mol. The SMILES string of the molecule is CCC(=O)NCP(=O)(O)O. The summed E-state index contributed by atoms with van der Waals surface area (Å²) in [6, 6.07) is 0. The third-order valence-electron chi connectivity index (χ3n) is 0.803. The van der Waals surface area contributed by atoms with Gasteiger partial charge in [0, 0.05) is 6.42 Å². The van der Waals surface area contributed by atoms with Gasteiger partial charge in [0.2, 0.25) is 5.91 Å². The van der Waals surface area contributed by atoms with Crippen LogP contribution in [0, 0.1) is 0 Å². The molecule has 0 saturated carbocycles. The third-order valence-corrected chi connectivity index (χ3v) is 1.37. The van der Waals surface area contributed by atoms with Gasteiger partial charge in [-0.25, -0.2) is 0 Å². The Kier molecular flexibility index (Phi) is 3.57. The van der Waals surface area contributed by atoms with Gasteiger partial charge < -0.3 is 15.1 Å². The molecule has 0 bridgehead atoms. The van der Waals surface area contributed by atoms with E-state index in [1.807, 2.05) is 0 Å². The van der Waals surface area contributed by atoms with Crippen molar-refractivity contribution in [2.75, 3.05) is 6.29 Å². The minimum atomic E-state index is -4.06. The number of rotatable bonds is 3. The largest absolute Gasteiger partial charge is 0.344 e. The Hall–Kier alpha value is -0.380. The van der Waals surface area contributed by atoms with E-state index in [0.29, 0.717) is 0 Å². The van der Waals surface area contributed by atoms with Crippen molar-refractivity contribution in [2.24, 2.45) is 0 Å². The van der Waals surface area contributed by atoms with Crippen molar-refractivity contribution in [3.63, 3.8) is 0 Å². The minimum Gasteiger partial charge on any atom is -0.344 e. The second kappa shape index (κ2) is 3.71. The molecule has 60 valence electrons. The molecule has 0 saturated heterocycles. The summed E-state index contributed by atoms with van der Waals surface area (Å²) < 4.78 is 10.1. The molecule has 5 nitrogen and oxygen atoms in total. The molecule has 0 atom stereocenters. The van der Waals surface area contributed by atoms with Gasteiger partial charge in [0.05, 0.1) is 0 Å². The van der Waals surface area contributed by atoms with Crippen LogP contribution in [-0.2, 0) is 9.36 Å². The molecule has 10 heavy (non-hydrogen) atoms. The fourth-order valence-corrected chi connectivity index (χ4v) is 0.698. The second-order valence-corrected chi connectivity index (χ2v) is 3.42. The van der Waals surface area contributed by atoms with E-state index < -0.39 is 13.9 Å². The van der Waals surface area contributed by atoms with E-state index in [0.717, 1.165) is 0 Å². The third kappa shape index (κ3) is 5.75. The van der Waals surface area contributed by atoms with Crippen molar-refractivity contribution < 1.29 is 19.1 Å². The first-order valence-electron chi connectivity index (χ1n) is 2.77. The molecular formula is C4H10NO4P. The maximum atomic E-state index is 10.4. The van der Waals surface area contributed by atoms with Gasteiger partial charge in [0.1, 0.15) is 6.29 Å². The molecule has 0 radical (unpaired) electrons. The molecule has 6 heteroatoms. The van der Waals surface area contributed by atoms with Crippen LogP contribution in [0.15, 0.2) is 0 Å². The number of amides is 1. The number of hydrogen-bond donors (Lipinski definition) is 3. The maximum Gasteiger partial charge on any atom is 0.344 e. The fourth-order valence-electron chi connectivity index (χ4n) is 0.316. The first-order chi connectivity index (χ1) is 4.45. The van der Waals surface area contributed by atoms with E-state index in [1.54, 1.807) is 6.92 Å². The normalized spacial score (nSPS) is 11.1. The molecule has 0 aromatic heterocycles. The molecular weight excluding hydrogens is 157 g/mol. The molecule has 0 aromatic carbocycles.